The lowest BCUT2D eigenvalue weighted by atomic mass is 10.2. The molecule has 4 rings (SSSR count). The quantitative estimate of drug-likeness (QED) is 0.272. The highest BCUT2D eigenvalue weighted by Crippen LogP contribution is 2.33. The molecule has 0 spiro atoms. The number of halogens is 3. The lowest BCUT2D eigenvalue weighted by molar-refractivity contribution is -0.137. The number of rotatable bonds is 7. The Labute approximate surface area is 199 Å². The number of fused-ring (bicyclic) bond motifs is 1. The number of nitrogens with one attached hydrogen (secondary N) is 2. The second kappa shape index (κ2) is 10.1. The first-order chi connectivity index (χ1) is 16.3. The Balaban J connectivity index is 1.24. The minimum Gasteiger partial charge on any atom is -0.454 e. The molecule has 0 fully saturated rings. The summed E-state index contributed by atoms with van der Waals surface area (Å²) in [6.45, 7) is 0.164. The van der Waals surface area contributed by atoms with Crippen LogP contribution in [-0.2, 0) is 15.8 Å². The second-order valence-corrected chi connectivity index (χ2v) is 8.92. The van der Waals surface area contributed by atoms with Crippen molar-refractivity contribution in [3.63, 3.8) is 0 Å². The van der Waals surface area contributed by atoms with E-state index in [9.17, 15) is 22.8 Å². The summed E-state index contributed by atoms with van der Waals surface area (Å²) in [5, 5.41) is 13.1. The fourth-order valence-corrected chi connectivity index (χ4v) is 4.28. The van der Waals surface area contributed by atoms with Gasteiger partial charge in [0, 0.05) is 11.8 Å². The van der Waals surface area contributed by atoms with Crippen molar-refractivity contribution in [2.45, 2.75) is 10.5 Å². The van der Waals surface area contributed by atoms with Crippen LogP contribution in [0.15, 0.2) is 52.9 Å². The molecular weight excluding hydrogens is 493 g/mol. The lowest BCUT2D eigenvalue weighted by Gasteiger charge is -2.08. The normalized spacial score (nSPS) is 12.7. The number of nitrogens with zero attached hydrogens (tertiary/aromatic N) is 2. The van der Waals surface area contributed by atoms with Gasteiger partial charge in [-0.2, -0.15) is 13.2 Å². The van der Waals surface area contributed by atoms with E-state index in [1.807, 2.05) is 0 Å². The number of anilines is 2. The molecule has 1 aliphatic heterocycles. The average Bonchev–Trinajstić information content (AvgIpc) is 3.45. The van der Waals surface area contributed by atoms with E-state index in [0.29, 0.717) is 15.8 Å². The molecule has 0 atom stereocenters. The fourth-order valence-electron chi connectivity index (χ4n) is 2.72. The first-order valence-electron chi connectivity index (χ1n) is 9.58. The molecule has 1 aliphatic rings. The molecule has 0 radical (unpaired) electrons. The Hall–Kier alpha value is -3.58. The lowest BCUT2D eigenvalue weighted by Crippen LogP contribution is -2.14. The van der Waals surface area contributed by atoms with E-state index in [1.165, 1.54) is 18.2 Å². The van der Waals surface area contributed by atoms with Gasteiger partial charge in [0.2, 0.25) is 23.7 Å². The minimum absolute atomic E-state index is 0.0341. The number of carbonyl (C=O) groups is 2. The van der Waals surface area contributed by atoms with Crippen molar-refractivity contribution in [3.8, 4) is 11.5 Å². The first-order valence-corrected chi connectivity index (χ1v) is 11.4. The molecule has 176 valence electrons. The zero-order valence-corrected chi connectivity index (χ0v) is 18.7. The van der Waals surface area contributed by atoms with Crippen molar-refractivity contribution in [1.82, 2.24) is 10.2 Å². The largest absolute Gasteiger partial charge is 0.454 e. The number of ether oxygens (including phenoxy) is 2. The third-order valence-electron chi connectivity index (χ3n) is 4.28. The van der Waals surface area contributed by atoms with Gasteiger partial charge in [0.15, 0.2) is 15.8 Å². The maximum atomic E-state index is 12.6. The molecule has 0 saturated carbocycles. The number of alkyl halides is 3. The van der Waals surface area contributed by atoms with Crippen LogP contribution in [0.2, 0.25) is 0 Å². The summed E-state index contributed by atoms with van der Waals surface area (Å²) in [6.07, 6.45) is -1.49. The van der Waals surface area contributed by atoms with Gasteiger partial charge in [0.25, 0.3) is 0 Å². The highest BCUT2D eigenvalue weighted by molar-refractivity contribution is 8.01. The topological polar surface area (TPSA) is 102 Å². The number of aromatic nitrogens is 2. The number of amides is 2. The van der Waals surface area contributed by atoms with Gasteiger partial charge >= 0.3 is 6.18 Å². The van der Waals surface area contributed by atoms with Crippen LogP contribution in [0.25, 0.3) is 6.08 Å². The molecular formula is C21H15F3N4O4S2. The van der Waals surface area contributed by atoms with Crippen molar-refractivity contribution in [1.29, 1.82) is 0 Å². The Morgan fingerprint density at radius 1 is 1.06 bits per heavy atom. The predicted octanol–water partition coefficient (Wildman–Crippen LogP) is 4.67. The predicted molar refractivity (Wildman–Crippen MR) is 121 cm³/mol. The van der Waals surface area contributed by atoms with Crippen molar-refractivity contribution in [3.05, 3.63) is 59.7 Å². The monoisotopic (exact) mass is 508 g/mol. The third kappa shape index (κ3) is 6.26. The van der Waals surface area contributed by atoms with E-state index in [2.05, 4.69) is 20.8 Å². The number of hydrogen-bond acceptors (Lipinski definition) is 8. The van der Waals surface area contributed by atoms with Gasteiger partial charge in [-0.25, -0.2) is 0 Å². The SMILES string of the molecule is O=C(/C=C/c1ccc2c(c1)OCO2)Nc1nnc(SCC(=O)Nc2ccc(C(F)(F)F)cc2)s1. The Bertz CT molecular complexity index is 1230. The standard InChI is InChI=1S/C21H15F3N4O4S2/c22-21(23,24)13-3-5-14(6-4-13)25-18(30)10-33-20-28-27-19(34-20)26-17(29)8-2-12-1-7-15-16(9-12)32-11-31-15/h1-9H,10-11H2,(H,25,30)(H,26,27,29)/b8-2+. The van der Waals surface area contributed by atoms with E-state index in [1.54, 1.807) is 24.3 Å². The van der Waals surface area contributed by atoms with E-state index in [0.717, 1.165) is 40.8 Å². The van der Waals surface area contributed by atoms with E-state index >= 15 is 0 Å². The van der Waals surface area contributed by atoms with Crippen LogP contribution >= 0.6 is 23.1 Å². The summed E-state index contributed by atoms with van der Waals surface area (Å²) in [6, 6.07) is 9.44. The number of thioether (sulfide) groups is 1. The van der Waals surface area contributed by atoms with Gasteiger partial charge in [-0.1, -0.05) is 29.2 Å². The smallest absolute Gasteiger partial charge is 0.416 e. The van der Waals surface area contributed by atoms with Gasteiger partial charge in [-0.3, -0.25) is 14.9 Å². The van der Waals surface area contributed by atoms with Crippen LogP contribution in [0, 0.1) is 0 Å². The number of carbonyl (C=O) groups excluding carboxylic acids is 2. The van der Waals surface area contributed by atoms with Gasteiger partial charge in [0.05, 0.1) is 11.3 Å². The Morgan fingerprint density at radius 2 is 1.82 bits per heavy atom. The van der Waals surface area contributed by atoms with Crippen LogP contribution < -0.4 is 20.1 Å². The van der Waals surface area contributed by atoms with Gasteiger partial charge in [-0.15, -0.1) is 10.2 Å². The van der Waals surface area contributed by atoms with Crippen molar-refractivity contribution in [2.24, 2.45) is 0 Å². The summed E-state index contributed by atoms with van der Waals surface area (Å²) in [5.74, 6) is 0.389. The molecule has 2 N–H and O–H groups in total. The molecule has 0 unspecified atom stereocenters. The second-order valence-electron chi connectivity index (χ2n) is 6.72. The molecule has 2 heterocycles. The molecule has 8 nitrogen and oxygen atoms in total. The zero-order valence-electron chi connectivity index (χ0n) is 17.1. The molecule has 2 aromatic carbocycles. The molecule has 13 heteroatoms. The summed E-state index contributed by atoms with van der Waals surface area (Å²) in [4.78, 5) is 24.2. The average molecular weight is 509 g/mol. The fraction of sp³-hybridized carbons (Fsp3) is 0.143. The summed E-state index contributed by atoms with van der Waals surface area (Å²) in [5.41, 5.74) is 0.207. The number of benzene rings is 2. The third-order valence-corrected chi connectivity index (χ3v) is 6.26. The molecule has 0 aliphatic carbocycles. The van der Waals surface area contributed by atoms with Gasteiger partial charge < -0.3 is 14.8 Å². The number of hydrogen-bond donors (Lipinski definition) is 2. The molecule has 34 heavy (non-hydrogen) atoms. The highest BCUT2D eigenvalue weighted by atomic mass is 32.2. The van der Waals surface area contributed by atoms with Crippen LogP contribution in [0.5, 0.6) is 11.5 Å². The maximum Gasteiger partial charge on any atom is 0.416 e. The molecule has 0 bridgehead atoms. The van der Waals surface area contributed by atoms with E-state index < -0.39 is 23.6 Å². The highest BCUT2D eigenvalue weighted by Gasteiger charge is 2.30. The van der Waals surface area contributed by atoms with Crippen LogP contribution in [0.3, 0.4) is 0 Å². The van der Waals surface area contributed by atoms with Crippen LogP contribution in [0.1, 0.15) is 11.1 Å². The summed E-state index contributed by atoms with van der Waals surface area (Å²) >= 11 is 2.17. The van der Waals surface area contributed by atoms with E-state index in [-0.39, 0.29) is 23.4 Å². The Kier molecular flexibility index (Phi) is 7.03. The van der Waals surface area contributed by atoms with Crippen molar-refractivity contribution >= 4 is 51.8 Å². The first kappa shape index (κ1) is 23.6. The summed E-state index contributed by atoms with van der Waals surface area (Å²) < 4.78 is 48.8. The molecule has 3 aromatic rings. The van der Waals surface area contributed by atoms with Crippen LogP contribution in [0.4, 0.5) is 24.0 Å². The molecule has 0 saturated heterocycles. The molecule has 2 amide bonds. The van der Waals surface area contributed by atoms with Crippen LogP contribution in [-0.4, -0.2) is 34.6 Å². The summed E-state index contributed by atoms with van der Waals surface area (Å²) in [7, 11) is 0. The minimum atomic E-state index is -4.44. The van der Waals surface area contributed by atoms with Crippen molar-refractivity contribution < 1.29 is 32.2 Å². The van der Waals surface area contributed by atoms with Crippen molar-refractivity contribution in [2.75, 3.05) is 23.2 Å². The van der Waals surface area contributed by atoms with E-state index in [4.69, 9.17) is 9.47 Å². The Morgan fingerprint density at radius 3 is 2.59 bits per heavy atom. The zero-order chi connectivity index (χ0) is 24.1. The van der Waals surface area contributed by atoms with Gasteiger partial charge in [0.1, 0.15) is 0 Å². The maximum absolute atomic E-state index is 12.6. The molecule has 1 aromatic heterocycles. The van der Waals surface area contributed by atoms with Gasteiger partial charge in [-0.05, 0) is 48.0 Å².